The molecule has 3 heterocycles. The van der Waals surface area contributed by atoms with Crippen molar-refractivity contribution in [3.05, 3.63) is 34.8 Å². The number of furan rings is 1. The number of ether oxygens (including phenoxy) is 1. The number of benzene rings is 1. The number of anilines is 1. The molecule has 9 nitrogen and oxygen atoms in total. The summed E-state index contributed by atoms with van der Waals surface area (Å²) in [4.78, 5) is 12.8. The number of fused-ring (bicyclic) bond motifs is 1. The van der Waals surface area contributed by atoms with Gasteiger partial charge < -0.3 is 13.6 Å². The van der Waals surface area contributed by atoms with Crippen LogP contribution in [0.2, 0.25) is 0 Å². The lowest BCUT2D eigenvalue weighted by Gasteiger charge is -1.99. The summed E-state index contributed by atoms with van der Waals surface area (Å²) in [5.74, 6) is 0.760. The largest absolute Gasteiger partial charge is 0.493 e. The fraction of sp³-hybridized carbons (Fsp3) is 0.235. The van der Waals surface area contributed by atoms with Crippen molar-refractivity contribution in [1.29, 1.82) is 0 Å². The Hall–Kier alpha value is -3.27. The van der Waals surface area contributed by atoms with Gasteiger partial charge in [-0.1, -0.05) is 35.1 Å². The average Bonchev–Trinajstić information content (AvgIpc) is 3.40. The second kappa shape index (κ2) is 7.16. The number of hydrogen-bond acceptors (Lipinski definition) is 9. The van der Waals surface area contributed by atoms with Crippen LogP contribution in [0.25, 0.3) is 22.6 Å². The van der Waals surface area contributed by atoms with Crippen molar-refractivity contribution in [3.8, 4) is 17.4 Å². The first kappa shape index (κ1) is 17.2. The van der Waals surface area contributed by atoms with E-state index in [0.717, 1.165) is 23.3 Å². The van der Waals surface area contributed by atoms with Crippen LogP contribution in [0.3, 0.4) is 0 Å². The molecule has 0 saturated carbocycles. The number of nitrogens with zero attached hydrogens (tertiary/aromatic N) is 4. The number of methoxy groups -OCH3 is 1. The Balaban J connectivity index is 1.57. The minimum atomic E-state index is -0.380. The molecule has 0 aliphatic carbocycles. The van der Waals surface area contributed by atoms with Gasteiger partial charge in [-0.2, -0.15) is 0 Å². The molecule has 0 unspecified atom stereocenters. The summed E-state index contributed by atoms with van der Waals surface area (Å²) >= 11 is 1.03. The molecule has 0 radical (unpaired) electrons. The minimum Gasteiger partial charge on any atom is -0.493 e. The fourth-order valence-corrected chi connectivity index (χ4v) is 3.21. The van der Waals surface area contributed by atoms with E-state index in [0.29, 0.717) is 34.1 Å². The average molecular weight is 385 g/mol. The Labute approximate surface area is 157 Å². The van der Waals surface area contributed by atoms with Crippen LogP contribution in [-0.4, -0.2) is 32.8 Å². The highest BCUT2D eigenvalue weighted by Crippen LogP contribution is 2.33. The Morgan fingerprint density at radius 1 is 1.26 bits per heavy atom. The van der Waals surface area contributed by atoms with Gasteiger partial charge in [0.15, 0.2) is 17.1 Å². The number of carbonyl (C=O) groups excluding carboxylic acids is 1. The molecule has 0 saturated heterocycles. The third-order valence-corrected chi connectivity index (χ3v) is 4.60. The first-order chi connectivity index (χ1) is 13.2. The molecule has 0 aliphatic rings. The van der Waals surface area contributed by atoms with Crippen molar-refractivity contribution in [2.24, 2.45) is 0 Å². The third kappa shape index (κ3) is 3.26. The number of aromatic nitrogens is 4. The fourth-order valence-electron chi connectivity index (χ4n) is 2.61. The Kier molecular flexibility index (Phi) is 4.55. The van der Waals surface area contributed by atoms with Crippen molar-refractivity contribution in [1.82, 2.24) is 19.8 Å². The lowest BCUT2D eigenvalue weighted by atomic mass is 10.2. The summed E-state index contributed by atoms with van der Waals surface area (Å²) < 4.78 is 20.4. The zero-order valence-corrected chi connectivity index (χ0v) is 15.4. The molecule has 3 aromatic heterocycles. The molecule has 0 bridgehead atoms. The smallest absolute Gasteiger partial charge is 0.322 e. The molecule has 138 valence electrons. The Morgan fingerprint density at radius 3 is 2.96 bits per heavy atom. The molecule has 10 heteroatoms. The molecule has 0 atom stereocenters. The van der Waals surface area contributed by atoms with Gasteiger partial charge >= 0.3 is 6.01 Å². The topological polar surface area (TPSA) is 116 Å². The van der Waals surface area contributed by atoms with Gasteiger partial charge in [-0.25, -0.2) is 0 Å². The first-order valence-corrected chi connectivity index (χ1v) is 9.00. The molecule has 1 N–H and O–H groups in total. The summed E-state index contributed by atoms with van der Waals surface area (Å²) in [5.41, 5.74) is 1.24. The quantitative estimate of drug-likeness (QED) is 0.536. The Bertz CT molecular complexity index is 1100. The number of para-hydroxylation sites is 1. The zero-order chi connectivity index (χ0) is 18.8. The van der Waals surface area contributed by atoms with Gasteiger partial charge in [-0.15, -0.1) is 10.2 Å². The van der Waals surface area contributed by atoms with Crippen molar-refractivity contribution < 1.29 is 18.4 Å². The van der Waals surface area contributed by atoms with Gasteiger partial charge in [0.2, 0.25) is 0 Å². The SMILES string of the molecule is CCCc1nnsc1C(=O)Nc1nnc(-c2cc3cccc(OC)c3o2)o1. The third-order valence-electron chi connectivity index (χ3n) is 3.83. The highest BCUT2D eigenvalue weighted by atomic mass is 32.1. The molecule has 4 rings (SSSR count). The van der Waals surface area contributed by atoms with Crippen LogP contribution in [0, 0.1) is 0 Å². The van der Waals surface area contributed by atoms with Crippen LogP contribution in [-0.2, 0) is 6.42 Å². The van der Waals surface area contributed by atoms with Crippen molar-refractivity contribution in [2.75, 3.05) is 12.4 Å². The van der Waals surface area contributed by atoms with Gasteiger partial charge in [0, 0.05) is 5.39 Å². The van der Waals surface area contributed by atoms with Gasteiger partial charge in [0.05, 0.1) is 12.8 Å². The number of aryl methyl sites for hydroxylation is 1. The molecule has 0 spiro atoms. The van der Waals surface area contributed by atoms with E-state index in [1.807, 2.05) is 19.1 Å². The summed E-state index contributed by atoms with van der Waals surface area (Å²) in [5, 5.41) is 15.2. The number of hydrogen-bond donors (Lipinski definition) is 1. The van der Waals surface area contributed by atoms with E-state index in [-0.39, 0.29) is 17.8 Å². The maximum absolute atomic E-state index is 12.4. The van der Waals surface area contributed by atoms with E-state index < -0.39 is 0 Å². The highest BCUT2D eigenvalue weighted by molar-refractivity contribution is 7.08. The molecule has 0 aliphatic heterocycles. The maximum Gasteiger partial charge on any atom is 0.322 e. The second-order valence-corrected chi connectivity index (χ2v) is 6.41. The van der Waals surface area contributed by atoms with Gasteiger partial charge in [-0.05, 0) is 30.1 Å². The van der Waals surface area contributed by atoms with E-state index in [4.69, 9.17) is 13.6 Å². The standard InChI is InChI=1S/C17H15N5O4S/c1-3-5-10-14(27-22-19-10)15(23)18-17-21-20-16(26-17)12-8-9-6-4-7-11(24-2)13(9)25-12/h4,6-8H,3,5H2,1-2H3,(H,18,21,23). The Morgan fingerprint density at radius 2 is 2.15 bits per heavy atom. The van der Waals surface area contributed by atoms with Crippen LogP contribution in [0.1, 0.15) is 28.7 Å². The molecule has 1 aromatic carbocycles. The summed E-state index contributed by atoms with van der Waals surface area (Å²) in [6.07, 6.45) is 1.54. The molecular weight excluding hydrogens is 370 g/mol. The summed E-state index contributed by atoms with van der Waals surface area (Å²) in [7, 11) is 1.57. The number of carbonyl (C=O) groups is 1. The van der Waals surface area contributed by atoms with E-state index in [1.165, 1.54) is 0 Å². The van der Waals surface area contributed by atoms with Crippen LogP contribution in [0.4, 0.5) is 6.01 Å². The van der Waals surface area contributed by atoms with E-state index in [2.05, 4.69) is 25.1 Å². The monoisotopic (exact) mass is 385 g/mol. The van der Waals surface area contributed by atoms with E-state index in [9.17, 15) is 4.79 Å². The van der Waals surface area contributed by atoms with Crippen LogP contribution in [0.15, 0.2) is 33.1 Å². The highest BCUT2D eigenvalue weighted by Gasteiger charge is 2.20. The normalized spacial score (nSPS) is 11.0. The molecule has 1 amide bonds. The zero-order valence-electron chi connectivity index (χ0n) is 14.6. The maximum atomic E-state index is 12.4. The van der Waals surface area contributed by atoms with Gasteiger partial charge in [0.25, 0.3) is 11.8 Å². The minimum absolute atomic E-state index is 0.0294. The first-order valence-electron chi connectivity index (χ1n) is 8.22. The van der Waals surface area contributed by atoms with Crippen LogP contribution < -0.4 is 10.1 Å². The van der Waals surface area contributed by atoms with Gasteiger partial charge in [0.1, 0.15) is 4.88 Å². The summed E-state index contributed by atoms with van der Waals surface area (Å²) in [6, 6.07) is 7.28. The van der Waals surface area contributed by atoms with E-state index >= 15 is 0 Å². The lowest BCUT2D eigenvalue weighted by molar-refractivity contribution is 0.102. The van der Waals surface area contributed by atoms with Crippen molar-refractivity contribution in [2.45, 2.75) is 19.8 Å². The predicted octanol–water partition coefficient (Wildman–Crippen LogP) is 3.55. The van der Waals surface area contributed by atoms with Crippen molar-refractivity contribution >= 4 is 34.4 Å². The molecule has 0 fully saturated rings. The lowest BCUT2D eigenvalue weighted by Crippen LogP contribution is -2.12. The molecular formula is C17H15N5O4S. The number of amides is 1. The predicted molar refractivity (Wildman–Crippen MR) is 97.9 cm³/mol. The van der Waals surface area contributed by atoms with Gasteiger partial charge in [-0.3, -0.25) is 10.1 Å². The number of rotatable bonds is 6. The van der Waals surface area contributed by atoms with Crippen LogP contribution in [0.5, 0.6) is 5.75 Å². The van der Waals surface area contributed by atoms with Crippen molar-refractivity contribution in [3.63, 3.8) is 0 Å². The molecule has 27 heavy (non-hydrogen) atoms. The molecule has 4 aromatic rings. The van der Waals surface area contributed by atoms with E-state index in [1.54, 1.807) is 19.2 Å². The second-order valence-electron chi connectivity index (χ2n) is 5.65. The van der Waals surface area contributed by atoms with Crippen LogP contribution >= 0.6 is 11.5 Å². The number of nitrogens with one attached hydrogen (secondary N) is 1. The summed E-state index contributed by atoms with van der Waals surface area (Å²) in [6.45, 7) is 2.01.